The summed E-state index contributed by atoms with van der Waals surface area (Å²) in [5.41, 5.74) is 0.282. The van der Waals surface area contributed by atoms with Crippen LogP contribution in [0.15, 0.2) is 10.9 Å². The molecule has 0 atom stereocenters. The maximum Gasteiger partial charge on any atom is 0.321 e. The third-order valence-electron chi connectivity index (χ3n) is 3.25. The lowest BCUT2D eigenvalue weighted by Gasteiger charge is -2.16. The fourth-order valence-electron chi connectivity index (χ4n) is 2.08. The molecule has 7 heteroatoms. The van der Waals surface area contributed by atoms with Crippen molar-refractivity contribution >= 4 is 12.0 Å². The third-order valence-corrected chi connectivity index (χ3v) is 3.25. The van der Waals surface area contributed by atoms with Crippen molar-refractivity contribution in [2.45, 2.75) is 53.4 Å². The Kier molecular flexibility index (Phi) is 12.5. The smallest absolute Gasteiger partial charge is 0.321 e. The molecule has 0 aromatic carbocycles. The van der Waals surface area contributed by atoms with Gasteiger partial charge in [0.05, 0.1) is 0 Å². The quantitative estimate of drug-likeness (QED) is 0.603. The number of urea groups is 1. The number of aryl methyl sites for hydroxylation is 1. The van der Waals surface area contributed by atoms with Crippen LogP contribution in [0.25, 0.3) is 0 Å². The summed E-state index contributed by atoms with van der Waals surface area (Å²) in [5.74, 6) is 0.166. The van der Waals surface area contributed by atoms with Crippen LogP contribution in [-0.2, 0) is 0 Å². The van der Waals surface area contributed by atoms with Gasteiger partial charge in [-0.15, -0.1) is 0 Å². The summed E-state index contributed by atoms with van der Waals surface area (Å²) in [6.45, 7) is 10.5. The minimum absolute atomic E-state index is 0.166. The molecule has 0 saturated carbocycles. The number of anilines is 1. The number of carbonyl (C=O) groups excluding carboxylic acids is 1. The van der Waals surface area contributed by atoms with E-state index >= 15 is 0 Å². The maximum atomic E-state index is 11.7. The Bertz CT molecular complexity index is 516. The molecule has 0 saturated heterocycles. The minimum atomic E-state index is -0.359. The molecule has 1 aromatic heterocycles. The number of H-pyrrole nitrogens is 1. The number of aromatic nitrogens is 2. The Morgan fingerprint density at radius 1 is 1.25 bits per heavy atom. The summed E-state index contributed by atoms with van der Waals surface area (Å²) in [6.07, 6.45) is 4.58. The van der Waals surface area contributed by atoms with E-state index in [0.29, 0.717) is 12.2 Å². The largest absolute Gasteiger partial charge is 0.338 e. The van der Waals surface area contributed by atoms with Crippen LogP contribution in [0.1, 0.15) is 52.1 Å². The van der Waals surface area contributed by atoms with Crippen molar-refractivity contribution in [3.8, 4) is 0 Å². The normalized spacial score (nSPS) is 10.1. The van der Waals surface area contributed by atoms with Gasteiger partial charge in [0.1, 0.15) is 0 Å². The number of hydrogen-bond acceptors (Lipinski definition) is 4. The van der Waals surface area contributed by atoms with Crippen molar-refractivity contribution in [3.05, 3.63) is 22.1 Å². The highest BCUT2D eigenvalue weighted by molar-refractivity contribution is 5.87. The highest BCUT2D eigenvalue weighted by Gasteiger charge is 2.04. The SMILES string of the molecule is CC.CCCCCN(C)CCCNC(=O)Nc1nc(C)cc(=O)[nH]1. The van der Waals surface area contributed by atoms with Crippen molar-refractivity contribution < 1.29 is 4.79 Å². The van der Waals surface area contributed by atoms with Gasteiger partial charge in [-0.1, -0.05) is 33.6 Å². The molecular weight excluding hydrogens is 306 g/mol. The molecule has 0 aliphatic heterocycles. The molecule has 0 unspecified atom stereocenters. The first-order valence-electron chi connectivity index (χ1n) is 8.82. The molecular formula is C17H33N5O2. The van der Waals surface area contributed by atoms with Gasteiger partial charge in [0.15, 0.2) is 0 Å². The molecule has 0 aliphatic carbocycles. The van der Waals surface area contributed by atoms with E-state index in [1.54, 1.807) is 6.92 Å². The second kappa shape index (κ2) is 13.5. The van der Waals surface area contributed by atoms with Gasteiger partial charge in [0.25, 0.3) is 5.56 Å². The molecule has 0 fully saturated rings. The van der Waals surface area contributed by atoms with E-state index in [-0.39, 0.29) is 17.5 Å². The molecule has 1 aromatic rings. The lowest BCUT2D eigenvalue weighted by molar-refractivity contribution is 0.250. The summed E-state index contributed by atoms with van der Waals surface area (Å²) < 4.78 is 0. The first kappa shape index (κ1) is 22.1. The molecule has 7 nitrogen and oxygen atoms in total. The maximum absolute atomic E-state index is 11.7. The molecule has 2 amide bonds. The van der Waals surface area contributed by atoms with E-state index in [1.165, 1.54) is 25.3 Å². The number of hydrogen-bond donors (Lipinski definition) is 3. The lowest BCUT2D eigenvalue weighted by Crippen LogP contribution is -2.33. The van der Waals surface area contributed by atoms with Crippen LogP contribution in [0.3, 0.4) is 0 Å². The number of amides is 2. The number of nitrogens with zero attached hydrogens (tertiary/aromatic N) is 2. The molecule has 1 heterocycles. The summed E-state index contributed by atoms with van der Waals surface area (Å²) in [7, 11) is 2.09. The summed E-state index contributed by atoms with van der Waals surface area (Å²) in [6, 6.07) is 1.01. The summed E-state index contributed by atoms with van der Waals surface area (Å²) in [5, 5.41) is 5.28. The predicted octanol–water partition coefficient (Wildman–Crippen LogP) is 2.74. The first-order chi connectivity index (χ1) is 11.5. The number of carbonyl (C=O) groups is 1. The van der Waals surface area contributed by atoms with Crippen LogP contribution in [0, 0.1) is 6.92 Å². The average Bonchev–Trinajstić information content (AvgIpc) is 2.53. The first-order valence-corrected chi connectivity index (χ1v) is 8.82. The van der Waals surface area contributed by atoms with Gasteiger partial charge < -0.3 is 10.2 Å². The van der Waals surface area contributed by atoms with E-state index < -0.39 is 0 Å². The zero-order valence-electron chi connectivity index (χ0n) is 15.7. The van der Waals surface area contributed by atoms with Crippen LogP contribution in [-0.4, -0.2) is 47.6 Å². The van der Waals surface area contributed by atoms with Gasteiger partial charge >= 0.3 is 6.03 Å². The van der Waals surface area contributed by atoms with Gasteiger partial charge in [-0.05, 0) is 39.9 Å². The Hall–Kier alpha value is -1.89. The Balaban J connectivity index is 0.00000254. The van der Waals surface area contributed by atoms with Crippen molar-refractivity contribution in [1.29, 1.82) is 0 Å². The van der Waals surface area contributed by atoms with E-state index in [4.69, 9.17) is 0 Å². The lowest BCUT2D eigenvalue weighted by atomic mass is 10.2. The molecule has 0 bridgehead atoms. The molecule has 0 radical (unpaired) electrons. The van der Waals surface area contributed by atoms with E-state index in [9.17, 15) is 9.59 Å². The molecule has 0 spiro atoms. The zero-order chi connectivity index (χ0) is 18.4. The Morgan fingerprint density at radius 3 is 2.54 bits per heavy atom. The van der Waals surface area contributed by atoms with Gasteiger partial charge in [0.2, 0.25) is 5.95 Å². The zero-order valence-corrected chi connectivity index (χ0v) is 15.7. The highest BCUT2D eigenvalue weighted by Crippen LogP contribution is 1.97. The van der Waals surface area contributed by atoms with Gasteiger partial charge in [0, 0.05) is 18.3 Å². The van der Waals surface area contributed by atoms with E-state index in [1.807, 2.05) is 13.8 Å². The van der Waals surface area contributed by atoms with Crippen LogP contribution >= 0.6 is 0 Å². The monoisotopic (exact) mass is 339 g/mol. The molecule has 0 aliphatic rings. The minimum Gasteiger partial charge on any atom is -0.338 e. The Labute approximate surface area is 145 Å². The fourth-order valence-corrected chi connectivity index (χ4v) is 2.08. The van der Waals surface area contributed by atoms with E-state index in [2.05, 4.69) is 39.5 Å². The van der Waals surface area contributed by atoms with Crippen LogP contribution in [0.5, 0.6) is 0 Å². The van der Waals surface area contributed by atoms with Crippen LogP contribution < -0.4 is 16.2 Å². The van der Waals surface area contributed by atoms with Crippen molar-refractivity contribution in [2.24, 2.45) is 0 Å². The second-order valence-corrected chi connectivity index (χ2v) is 5.48. The molecule has 24 heavy (non-hydrogen) atoms. The van der Waals surface area contributed by atoms with E-state index in [0.717, 1.165) is 19.5 Å². The van der Waals surface area contributed by atoms with Crippen LogP contribution in [0.2, 0.25) is 0 Å². The Morgan fingerprint density at radius 2 is 1.92 bits per heavy atom. The standard InChI is InChI=1S/C15H27N5O2.C2H6/c1-4-5-6-9-20(3)10-7-8-16-15(22)19-14-17-12(2)11-13(21)18-14;1-2/h11H,4-10H2,1-3H3,(H3,16,17,18,19,21,22);1-2H3. The third kappa shape index (κ3) is 10.8. The van der Waals surface area contributed by atoms with Crippen molar-refractivity contribution in [3.63, 3.8) is 0 Å². The highest BCUT2D eigenvalue weighted by atomic mass is 16.2. The van der Waals surface area contributed by atoms with Gasteiger partial charge in [-0.2, -0.15) is 0 Å². The topological polar surface area (TPSA) is 90.1 Å². The molecule has 3 N–H and O–H groups in total. The van der Waals surface area contributed by atoms with Crippen molar-refractivity contribution in [1.82, 2.24) is 20.2 Å². The summed E-state index contributed by atoms with van der Waals surface area (Å²) >= 11 is 0. The summed E-state index contributed by atoms with van der Waals surface area (Å²) in [4.78, 5) is 31.7. The fraction of sp³-hybridized carbons (Fsp3) is 0.706. The molecule has 1 rings (SSSR count). The number of rotatable bonds is 9. The average molecular weight is 339 g/mol. The van der Waals surface area contributed by atoms with Gasteiger partial charge in [-0.25, -0.2) is 9.78 Å². The molecule has 138 valence electrons. The second-order valence-electron chi connectivity index (χ2n) is 5.48. The number of aromatic amines is 1. The van der Waals surface area contributed by atoms with Crippen molar-refractivity contribution in [2.75, 3.05) is 32.0 Å². The van der Waals surface area contributed by atoms with Gasteiger partial charge in [-0.3, -0.25) is 15.1 Å². The number of nitrogens with one attached hydrogen (secondary N) is 3. The van der Waals surface area contributed by atoms with Crippen LogP contribution in [0.4, 0.5) is 10.7 Å². The predicted molar refractivity (Wildman–Crippen MR) is 99.6 cm³/mol. The number of unbranched alkanes of at least 4 members (excludes halogenated alkanes) is 2.